The quantitative estimate of drug-likeness (QED) is 0.598. The first-order valence-electron chi connectivity index (χ1n) is 6.07. The minimum absolute atomic E-state index is 0. The van der Waals surface area contributed by atoms with Crippen molar-refractivity contribution in [1.29, 1.82) is 0 Å². The molecule has 0 fully saturated rings. The van der Waals surface area contributed by atoms with Crippen LogP contribution in [-0.2, 0) is 4.79 Å². The lowest BCUT2D eigenvalue weighted by atomic mass is 10.1. The van der Waals surface area contributed by atoms with E-state index in [0.29, 0.717) is 30.6 Å². The molecule has 1 aliphatic heterocycles. The molecule has 0 unspecified atom stereocenters. The number of hydrogen-bond acceptors (Lipinski definition) is 4. The molecule has 0 saturated heterocycles. The van der Waals surface area contributed by atoms with Crippen molar-refractivity contribution in [2.45, 2.75) is 6.42 Å². The lowest BCUT2D eigenvalue weighted by Crippen LogP contribution is -2.40. The third kappa shape index (κ3) is 3.15. The SMILES string of the molecule is Cl.NCCCNC(=O)CN1C(=O)c2ccccc2C1=O. The van der Waals surface area contributed by atoms with E-state index in [1.807, 2.05) is 0 Å². The standard InChI is InChI=1S/C13H15N3O3.ClH/c14-6-3-7-15-11(17)8-16-12(18)9-4-1-2-5-10(9)13(16)19;/h1-2,4-5H,3,6-8,14H2,(H,15,17);1H. The van der Waals surface area contributed by atoms with Gasteiger partial charge in [0.1, 0.15) is 6.54 Å². The Morgan fingerprint density at radius 1 is 1.15 bits per heavy atom. The van der Waals surface area contributed by atoms with Gasteiger partial charge in [0.05, 0.1) is 11.1 Å². The Morgan fingerprint density at radius 2 is 1.70 bits per heavy atom. The second-order valence-electron chi connectivity index (χ2n) is 4.23. The molecule has 0 saturated carbocycles. The molecule has 20 heavy (non-hydrogen) atoms. The maximum Gasteiger partial charge on any atom is 0.262 e. The Kier molecular flexibility index (Phi) is 5.66. The molecular formula is C13H16ClN3O3. The van der Waals surface area contributed by atoms with E-state index in [1.54, 1.807) is 24.3 Å². The molecule has 2 rings (SSSR count). The van der Waals surface area contributed by atoms with Crippen LogP contribution in [0.2, 0.25) is 0 Å². The molecule has 7 heteroatoms. The second-order valence-corrected chi connectivity index (χ2v) is 4.23. The van der Waals surface area contributed by atoms with E-state index in [2.05, 4.69) is 5.32 Å². The highest BCUT2D eigenvalue weighted by atomic mass is 35.5. The molecule has 1 aliphatic rings. The van der Waals surface area contributed by atoms with Crippen LogP contribution < -0.4 is 11.1 Å². The van der Waals surface area contributed by atoms with Crippen molar-refractivity contribution in [2.75, 3.05) is 19.6 Å². The van der Waals surface area contributed by atoms with Crippen LogP contribution in [0.3, 0.4) is 0 Å². The summed E-state index contributed by atoms with van der Waals surface area (Å²) in [5, 5.41) is 2.61. The fraction of sp³-hybridized carbons (Fsp3) is 0.308. The van der Waals surface area contributed by atoms with Crippen LogP contribution in [0.5, 0.6) is 0 Å². The van der Waals surface area contributed by atoms with Gasteiger partial charge in [-0.2, -0.15) is 0 Å². The first-order valence-corrected chi connectivity index (χ1v) is 6.07. The predicted molar refractivity (Wildman–Crippen MR) is 75.7 cm³/mol. The second kappa shape index (κ2) is 7.02. The Labute approximate surface area is 122 Å². The average molecular weight is 298 g/mol. The molecule has 0 aliphatic carbocycles. The minimum atomic E-state index is -0.422. The molecule has 108 valence electrons. The average Bonchev–Trinajstić information content (AvgIpc) is 2.65. The Morgan fingerprint density at radius 3 is 2.20 bits per heavy atom. The van der Waals surface area contributed by atoms with Crippen LogP contribution >= 0.6 is 12.4 Å². The lowest BCUT2D eigenvalue weighted by Gasteiger charge is -2.13. The molecular weight excluding hydrogens is 282 g/mol. The Balaban J connectivity index is 0.00000200. The van der Waals surface area contributed by atoms with E-state index in [1.165, 1.54) is 0 Å². The number of carbonyl (C=O) groups excluding carboxylic acids is 3. The number of halogens is 1. The van der Waals surface area contributed by atoms with Gasteiger partial charge in [0, 0.05) is 6.54 Å². The first-order chi connectivity index (χ1) is 9.15. The number of carbonyl (C=O) groups is 3. The lowest BCUT2D eigenvalue weighted by molar-refractivity contribution is -0.121. The monoisotopic (exact) mass is 297 g/mol. The summed E-state index contributed by atoms with van der Waals surface area (Å²) >= 11 is 0. The fourth-order valence-electron chi connectivity index (χ4n) is 1.91. The fourth-order valence-corrected chi connectivity index (χ4v) is 1.91. The summed E-state index contributed by atoms with van der Waals surface area (Å²) in [7, 11) is 0. The van der Waals surface area contributed by atoms with Crippen molar-refractivity contribution in [1.82, 2.24) is 10.2 Å². The van der Waals surface area contributed by atoms with E-state index in [9.17, 15) is 14.4 Å². The van der Waals surface area contributed by atoms with Crippen molar-refractivity contribution in [3.63, 3.8) is 0 Å². The molecule has 0 spiro atoms. The van der Waals surface area contributed by atoms with Crippen LogP contribution in [0.4, 0.5) is 0 Å². The van der Waals surface area contributed by atoms with Gasteiger partial charge < -0.3 is 11.1 Å². The number of nitrogens with zero attached hydrogens (tertiary/aromatic N) is 1. The highest BCUT2D eigenvalue weighted by molar-refractivity contribution is 6.22. The molecule has 3 N–H and O–H groups in total. The zero-order valence-corrected chi connectivity index (χ0v) is 11.6. The maximum absolute atomic E-state index is 12.0. The van der Waals surface area contributed by atoms with Gasteiger partial charge in [0.15, 0.2) is 0 Å². The summed E-state index contributed by atoms with van der Waals surface area (Å²) in [5.41, 5.74) is 6.01. The number of nitrogens with one attached hydrogen (secondary N) is 1. The van der Waals surface area contributed by atoms with Crippen LogP contribution in [-0.4, -0.2) is 42.3 Å². The van der Waals surface area contributed by atoms with E-state index in [-0.39, 0.29) is 24.9 Å². The third-order valence-corrected chi connectivity index (χ3v) is 2.88. The van der Waals surface area contributed by atoms with Crippen molar-refractivity contribution < 1.29 is 14.4 Å². The van der Waals surface area contributed by atoms with Crippen molar-refractivity contribution >= 4 is 30.1 Å². The molecule has 1 aromatic rings. The number of amides is 3. The zero-order chi connectivity index (χ0) is 13.8. The molecule has 0 atom stereocenters. The Hall–Kier alpha value is -1.92. The zero-order valence-electron chi connectivity index (χ0n) is 10.8. The molecule has 3 amide bonds. The number of benzene rings is 1. The van der Waals surface area contributed by atoms with E-state index < -0.39 is 11.8 Å². The highest BCUT2D eigenvalue weighted by Crippen LogP contribution is 2.21. The van der Waals surface area contributed by atoms with Gasteiger partial charge in [-0.3, -0.25) is 19.3 Å². The molecule has 0 radical (unpaired) electrons. The molecule has 1 aromatic carbocycles. The smallest absolute Gasteiger partial charge is 0.262 e. The maximum atomic E-state index is 12.0. The number of nitrogens with two attached hydrogens (primary N) is 1. The van der Waals surface area contributed by atoms with Crippen molar-refractivity contribution in [3.05, 3.63) is 35.4 Å². The van der Waals surface area contributed by atoms with E-state index in [0.717, 1.165) is 4.90 Å². The number of fused-ring (bicyclic) bond motifs is 1. The minimum Gasteiger partial charge on any atom is -0.354 e. The van der Waals surface area contributed by atoms with Gasteiger partial charge in [0.2, 0.25) is 5.91 Å². The largest absolute Gasteiger partial charge is 0.354 e. The highest BCUT2D eigenvalue weighted by Gasteiger charge is 2.35. The molecule has 0 aromatic heterocycles. The van der Waals surface area contributed by atoms with Crippen LogP contribution in [0.15, 0.2) is 24.3 Å². The summed E-state index contributed by atoms with van der Waals surface area (Å²) in [4.78, 5) is 36.5. The first kappa shape index (κ1) is 16.1. The summed E-state index contributed by atoms with van der Waals surface area (Å²) in [6.07, 6.45) is 0.661. The van der Waals surface area contributed by atoms with E-state index >= 15 is 0 Å². The topological polar surface area (TPSA) is 92.5 Å². The van der Waals surface area contributed by atoms with Gasteiger partial charge in [-0.05, 0) is 25.1 Å². The number of hydrogen-bond donors (Lipinski definition) is 2. The summed E-state index contributed by atoms with van der Waals surface area (Å²) in [6.45, 7) is 0.669. The summed E-state index contributed by atoms with van der Waals surface area (Å²) in [5.74, 6) is -1.20. The van der Waals surface area contributed by atoms with E-state index in [4.69, 9.17) is 5.73 Å². The van der Waals surface area contributed by atoms with Gasteiger partial charge in [0.25, 0.3) is 11.8 Å². The molecule has 0 bridgehead atoms. The van der Waals surface area contributed by atoms with Gasteiger partial charge in [-0.15, -0.1) is 12.4 Å². The summed E-state index contributed by atoms with van der Waals surface area (Å²) < 4.78 is 0. The molecule has 6 nitrogen and oxygen atoms in total. The van der Waals surface area contributed by atoms with Crippen LogP contribution in [0, 0.1) is 0 Å². The predicted octanol–water partition coefficient (Wildman–Crippen LogP) is 0.169. The van der Waals surface area contributed by atoms with Gasteiger partial charge in [-0.25, -0.2) is 0 Å². The Bertz CT molecular complexity index is 498. The third-order valence-electron chi connectivity index (χ3n) is 2.88. The van der Waals surface area contributed by atoms with Gasteiger partial charge in [-0.1, -0.05) is 12.1 Å². The molecule has 1 heterocycles. The van der Waals surface area contributed by atoms with Crippen molar-refractivity contribution in [2.24, 2.45) is 5.73 Å². The van der Waals surface area contributed by atoms with Gasteiger partial charge >= 0.3 is 0 Å². The summed E-state index contributed by atoms with van der Waals surface area (Å²) in [6, 6.07) is 6.55. The normalized spacial score (nSPS) is 12.9. The van der Waals surface area contributed by atoms with Crippen LogP contribution in [0.25, 0.3) is 0 Å². The number of rotatable bonds is 5. The van der Waals surface area contributed by atoms with Crippen molar-refractivity contribution in [3.8, 4) is 0 Å². The number of imide groups is 1. The van der Waals surface area contributed by atoms with Crippen LogP contribution in [0.1, 0.15) is 27.1 Å².